The SMILES string of the molecule is COc1cc(C(=O)NC2CCc3cc(OC)c(OC)c(OC)c3-c3ccc(O)c(=O)cc32)cc(OC)c1OC. The van der Waals surface area contributed by atoms with E-state index in [0.717, 1.165) is 5.56 Å². The van der Waals surface area contributed by atoms with Gasteiger partial charge in [-0.15, -0.1) is 0 Å². The molecule has 0 saturated carbocycles. The Morgan fingerprint density at radius 3 is 1.95 bits per heavy atom. The lowest BCUT2D eigenvalue weighted by Gasteiger charge is -2.20. The van der Waals surface area contributed by atoms with Gasteiger partial charge >= 0.3 is 0 Å². The molecule has 39 heavy (non-hydrogen) atoms. The van der Waals surface area contributed by atoms with Gasteiger partial charge in [0.15, 0.2) is 28.7 Å². The molecule has 1 unspecified atom stereocenters. The van der Waals surface area contributed by atoms with Crippen molar-refractivity contribution in [3.8, 4) is 51.4 Å². The highest BCUT2D eigenvalue weighted by atomic mass is 16.5. The molecule has 3 aromatic carbocycles. The topological polar surface area (TPSA) is 122 Å². The van der Waals surface area contributed by atoms with Crippen molar-refractivity contribution in [3.05, 3.63) is 63.3 Å². The molecule has 1 amide bonds. The normalized spacial score (nSPS) is 13.7. The molecule has 0 saturated heterocycles. The molecule has 1 aliphatic carbocycles. The minimum absolute atomic E-state index is 0.277. The molecule has 0 aliphatic heterocycles. The Morgan fingerprint density at radius 1 is 0.795 bits per heavy atom. The smallest absolute Gasteiger partial charge is 0.252 e. The van der Waals surface area contributed by atoms with Crippen LogP contribution in [0.25, 0.3) is 11.1 Å². The fraction of sp³-hybridized carbons (Fsp3) is 0.310. The fourth-order valence-corrected chi connectivity index (χ4v) is 4.91. The van der Waals surface area contributed by atoms with E-state index in [4.69, 9.17) is 28.4 Å². The first-order chi connectivity index (χ1) is 18.8. The average molecular weight is 538 g/mol. The first-order valence-electron chi connectivity index (χ1n) is 12.1. The summed E-state index contributed by atoms with van der Waals surface area (Å²) in [6.45, 7) is 0. The molecule has 0 fully saturated rings. The van der Waals surface area contributed by atoms with Gasteiger partial charge < -0.3 is 38.8 Å². The van der Waals surface area contributed by atoms with Gasteiger partial charge in [-0.2, -0.15) is 0 Å². The number of carbonyl (C=O) groups excluding carboxylic acids is 1. The number of aromatic hydroxyl groups is 1. The number of methoxy groups -OCH3 is 6. The molecule has 0 heterocycles. The van der Waals surface area contributed by atoms with Crippen LogP contribution >= 0.6 is 0 Å². The van der Waals surface area contributed by atoms with Crippen LogP contribution in [0.5, 0.6) is 40.2 Å². The van der Waals surface area contributed by atoms with Crippen molar-refractivity contribution in [2.45, 2.75) is 18.9 Å². The minimum atomic E-state index is -0.597. The standard InChI is InChI=1S/C29H31NO9/c1-34-22-12-16(13-23(35-2)26(22)37-4)29(33)30-19-9-7-15-11-24(36-3)27(38-5)28(39-6)25(15)17-8-10-20(31)21(32)14-18(17)19/h8,10-14,19H,7,9H2,1-6H3,(H,30,33)(H,31,32). The van der Waals surface area contributed by atoms with Gasteiger partial charge in [0.05, 0.1) is 48.7 Å². The van der Waals surface area contributed by atoms with Gasteiger partial charge in [0.2, 0.25) is 16.9 Å². The predicted octanol–water partition coefficient (Wildman–Crippen LogP) is 3.89. The van der Waals surface area contributed by atoms with Crippen LogP contribution in [0.15, 0.2) is 41.2 Å². The van der Waals surface area contributed by atoms with E-state index >= 15 is 0 Å². The second-order valence-electron chi connectivity index (χ2n) is 8.75. The van der Waals surface area contributed by atoms with E-state index in [1.165, 1.54) is 54.8 Å². The number of hydrogen-bond acceptors (Lipinski definition) is 9. The fourth-order valence-electron chi connectivity index (χ4n) is 4.91. The molecular weight excluding hydrogens is 506 g/mol. The van der Waals surface area contributed by atoms with Crippen molar-refractivity contribution in [2.24, 2.45) is 0 Å². The van der Waals surface area contributed by atoms with Crippen LogP contribution < -0.4 is 39.2 Å². The first kappa shape index (κ1) is 27.4. The molecule has 2 N–H and O–H groups in total. The summed E-state index contributed by atoms with van der Waals surface area (Å²) < 4.78 is 33.1. The van der Waals surface area contributed by atoms with Crippen molar-refractivity contribution in [1.82, 2.24) is 5.32 Å². The molecule has 0 spiro atoms. The Labute approximate surface area is 226 Å². The summed E-state index contributed by atoms with van der Waals surface area (Å²) in [5.74, 6) is 1.49. The van der Waals surface area contributed by atoms with Crippen molar-refractivity contribution in [1.29, 1.82) is 0 Å². The van der Waals surface area contributed by atoms with Crippen molar-refractivity contribution < 1.29 is 38.3 Å². The summed E-state index contributed by atoms with van der Waals surface area (Å²) in [5.41, 5.74) is 2.38. The van der Waals surface area contributed by atoms with E-state index in [2.05, 4.69) is 5.32 Å². The molecule has 206 valence electrons. The van der Waals surface area contributed by atoms with Crippen molar-refractivity contribution in [2.75, 3.05) is 42.7 Å². The Morgan fingerprint density at radius 2 is 1.38 bits per heavy atom. The van der Waals surface area contributed by atoms with Gasteiger partial charge in [-0.25, -0.2) is 0 Å². The highest BCUT2D eigenvalue weighted by molar-refractivity contribution is 5.96. The molecule has 0 aromatic heterocycles. The largest absolute Gasteiger partial charge is 0.504 e. The van der Waals surface area contributed by atoms with E-state index in [0.29, 0.717) is 64.0 Å². The Kier molecular flexibility index (Phi) is 8.04. The quantitative estimate of drug-likeness (QED) is 0.441. The predicted molar refractivity (Wildman–Crippen MR) is 144 cm³/mol. The van der Waals surface area contributed by atoms with Gasteiger partial charge in [0, 0.05) is 11.1 Å². The lowest BCUT2D eigenvalue weighted by Crippen LogP contribution is -2.29. The molecule has 3 aromatic rings. The van der Waals surface area contributed by atoms with Gasteiger partial charge in [0.1, 0.15) is 0 Å². The third-order valence-electron chi connectivity index (χ3n) is 6.75. The molecule has 4 rings (SSSR count). The molecule has 0 bridgehead atoms. The number of nitrogens with one attached hydrogen (secondary N) is 1. The van der Waals surface area contributed by atoms with Crippen molar-refractivity contribution >= 4 is 5.91 Å². The highest BCUT2D eigenvalue weighted by Gasteiger charge is 2.30. The summed E-state index contributed by atoms with van der Waals surface area (Å²) in [7, 11) is 8.99. The monoisotopic (exact) mass is 537 g/mol. The Hall–Kier alpha value is -4.60. The van der Waals surface area contributed by atoms with E-state index in [1.54, 1.807) is 18.2 Å². The van der Waals surface area contributed by atoms with Gasteiger partial charge in [-0.3, -0.25) is 9.59 Å². The number of ether oxygens (including phenoxy) is 6. The maximum atomic E-state index is 13.5. The molecule has 0 radical (unpaired) electrons. The van der Waals surface area contributed by atoms with Crippen LogP contribution in [-0.4, -0.2) is 53.7 Å². The maximum Gasteiger partial charge on any atom is 0.252 e. The number of carbonyl (C=O) groups is 1. The summed E-state index contributed by atoms with van der Waals surface area (Å²) >= 11 is 0. The number of aryl methyl sites for hydroxylation is 1. The average Bonchev–Trinajstić information content (AvgIpc) is 3.19. The molecular formula is C29H31NO9. The number of hydrogen-bond donors (Lipinski definition) is 2. The third-order valence-corrected chi connectivity index (χ3v) is 6.75. The zero-order valence-electron chi connectivity index (χ0n) is 22.7. The van der Waals surface area contributed by atoms with Crippen LogP contribution in [0.3, 0.4) is 0 Å². The van der Waals surface area contributed by atoms with Crippen LogP contribution in [-0.2, 0) is 6.42 Å². The van der Waals surface area contributed by atoms with E-state index in [1.807, 2.05) is 6.07 Å². The van der Waals surface area contributed by atoms with E-state index < -0.39 is 23.1 Å². The van der Waals surface area contributed by atoms with Crippen molar-refractivity contribution in [3.63, 3.8) is 0 Å². The zero-order valence-corrected chi connectivity index (χ0v) is 22.7. The molecule has 10 nitrogen and oxygen atoms in total. The number of rotatable bonds is 8. The molecule has 1 atom stereocenters. The summed E-state index contributed by atoms with van der Waals surface area (Å²) in [4.78, 5) is 26.3. The van der Waals surface area contributed by atoms with E-state index in [-0.39, 0.29) is 5.56 Å². The third kappa shape index (κ3) is 4.97. The van der Waals surface area contributed by atoms with Gasteiger partial charge in [0.25, 0.3) is 5.91 Å². The number of fused-ring (bicyclic) bond motifs is 3. The second-order valence-corrected chi connectivity index (χ2v) is 8.75. The summed E-state index contributed by atoms with van der Waals surface area (Å²) in [6.07, 6.45) is 0.962. The molecule has 10 heteroatoms. The Bertz CT molecular complexity index is 1440. The first-order valence-corrected chi connectivity index (χ1v) is 12.1. The lowest BCUT2D eigenvalue weighted by atomic mass is 9.95. The van der Waals surface area contributed by atoms with E-state index in [9.17, 15) is 14.7 Å². The van der Waals surface area contributed by atoms with Crippen LogP contribution in [0.2, 0.25) is 0 Å². The van der Waals surface area contributed by atoms with Crippen LogP contribution in [0, 0.1) is 0 Å². The zero-order chi connectivity index (χ0) is 28.3. The summed E-state index contributed by atoms with van der Waals surface area (Å²) in [5, 5.41) is 13.3. The highest BCUT2D eigenvalue weighted by Crippen LogP contribution is 2.50. The minimum Gasteiger partial charge on any atom is -0.504 e. The summed E-state index contributed by atoms with van der Waals surface area (Å²) in [6, 6.07) is 8.69. The Balaban J connectivity index is 1.88. The lowest BCUT2D eigenvalue weighted by molar-refractivity contribution is 0.0934. The molecule has 1 aliphatic rings. The maximum absolute atomic E-state index is 13.5. The van der Waals surface area contributed by atoms with Crippen LogP contribution in [0.1, 0.15) is 33.9 Å². The number of amides is 1. The van der Waals surface area contributed by atoms with Crippen LogP contribution in [0.4, 0.5) is 0 Å². The number of benzene rings is 2. The van der Waals surface area contributed by atoms with Gasteiger partial charge in [-0.05, 0) is 59.9 Å². The van der Waals surface area contributed by atoms with Gasteiger partial charge in [-0.1, -0.05) is 6.07 Å². The second kappa shape index (κ2) is 11.4.